The third kappa shape index (κ3) is 3.74. The van der Waals surface area contributed by atoms with Gasteiger partial charge in [-0.05, 0) is 18.9 Å². The summed E-state index contributed by atoms with van der Waals surface area (Å²) in [5, 5.41) is 30.5. The number of alkyl halides is 1. The minimum Gasteiger partial charge on any atom is -0.550 e. The van der Waals surface area contributed by atoms with Crippen molar-refractivity contribution in [2.75, 3.05) is 0 Å². The number of carboxylic acid groups (broad SMARTS) is 2. The molecule has 1 aromatic rings. The van der Waals surface area contributed by atoms with Crippen molar-refractivity contribution in [3.8, 4) is 0 Å². The van der Waals surface area contributed by atoms with Crippen molar-refractivity contribution in [1.82, 2.24) is 0 Å². The van der Waals surface area contributed by atoms with Crippen molar-refractivity contribution in [2.24, 2.45) is 11.8 Å². The van der Waals surface area contributed by atoms with Crippen LogP contribution in [0.3, 0.4) is 0 Å². The van der Waals surface area contributed by atoms with Gasteiger partial charge in [-0.25, -0.2) is 8.42 Å². The number of aliphatic carboxylic acids is 2. The lowest BCUT2D eigenvalue weighted by Crippen LogP contribution is -2.52. The molecule has 0 spiro atoms. The SMILES string of the molecule is O=C([O-])[C@H]1C[C@H](S(=O)(=O)c2cccc([N+](=O)[O-])c2)[C@@H](Cl)C[C@H]1C(=O)[O-]. The molecule has 11 heteroatoms. The maximum Gasteiger partial charge on any atom is 0.270 e. The Bertz CT molecular complexity index is 824. The van der Waals surface area contributed by atoms with Gasteiger partial charge in [0.1, 0.15) is 0 Å². The fourth-order valence-electron chi connectivity index (χ4n) is 2.91. The first-order valence-corrected chi connectivity index (χ1v) is 9.08. The Balaban J connectivity index is 2.42. The average molecular weight is 390 g/mol. The normalized spacial score (nSPS) is 26.8. The third-order valence-corrected chi connectivity index (χ3v) is 7.08. The highest BCUT2D eigenvalue weighted by molar-refractivity contribution is 7.92. The summed E-state index contributed by atoms with van der Waals surface area (Å²) in [7, 11) is -4.22. The number of carbonyl (C=O) groups excluding carboxylic acids is 2. The standard InChI is InChI=1S/C14H14ClNO8S/c15-11-5-9(13(17)18)10(14(19)20)6-12(11)25(23,24)8-3-1-2-7(4-8)16(21)22/h1-4,9-12H,5-6H2,(H,17,18)(H,19,20)/p-2/t9-,10+,11+,12+/m1/s1. The molecule has 0 aliphatic heterocycles. The largest absolute Gasteiger partial charge is 0.550 e. The molecule has 2 rings (SSSR count). The summed E-state index contributed by atoms with van der Waals surface area (Å²) >= 11 is 6.01. The van der Waals surface area contributed by atoms with Gasteiger partial charge in [-0.15, -0.1) is 11.6 Å². The van der Waals surface area contributed by atoms with Gasteiger partial charge >= 0.3 is 0 Å². The van der Waals surface area contributed by atoms with Crippen molar-refractivity contribution in [2.45, 2.75) is 28.4 Å². The molecule has 1 aromatic carbocycles. The Labute approximate surface area is 147 Å². The zero-order valence-corrected chi connectivity index (χ0v) is 14.1. The molecular formula is C14H12ClNO8S-2. The van der Waals surface area contributed by atoms with E-state index in [1.165, 1.54) is 6.07 Å². The van der Waals surface area contributed by atoms with Crippen molar-refractivity contribution < 1.29 is 33.1 Å². The van der Waals surface area contributed by atoms with Crippen LogP contribution in [0.2, 0.25) is 0 Å². The maximum atomic E-state index is 12.7. The van der Waals surface area contributed by atoms with E-state index in [0.29, 0.717) is 0 Å². The first-order valence-electron chi connectivity index (χ1n) is 7.10. The molecule has 0 heterocycles. The lowest BCUT2D eigenvalue weighted by molar-refractivity contribution is -0.385. The lowest BCUT2D eigenvalue weighted by atomic mass is 9.79. The summed E-state index contributed by atoms with van der Waals surface area (Å²) in [4.78, 5) is 31.9. The quantitative estimate of drug-likeness (QED) is 0.347. The first-order chi connectivity index (χ1) is 11.6. The Morgan fingerprint density at radius 2 is 1.68 bits per heavy atom. The van der Waals surface area contributed by atoms with Gasteiger partial charge in [0.25, 0.3) is 5.69 Å². The maximum absolute atomic E-state index is 12.7. The van der Waals surface area contributed by atoms with E-state index in [0.717, 1.165) is 18.2 Å². The van der Waals surface area contributed by atoms with Gasteiger partial charge in [0, 0.05) is 35.9 Å². The van der Waals surface area contributed by atoms with E-state index in [1.807, 2.05) is 0 Å². The monoisotopic (exact) mass is 389 g/mol. The Kier molecular flexibility index (Phi) is 5.33. The summed E-state index contributed by atoms with van der Waals surface area (Å²) < 4.78 is 25.5. The van der Waals surface area contributed by atoms with Gasteiger partial charge in [-0.1, -0.05) is 6.07 Å². The number of rotatable bonds is 5. The minimum absolute atomic E-state index is 0.388. The highest BCUT2D eigenvalue weighted by Gasteiger charge is 2.44. The van der Waals surface area contributed by atoms with E-state index in [2.05, 4.69) is 0 Å². The molecule has 4 atom stereocenters. The fourth-order valence-corrected chi connectivity index (χ4v) is 5.48. The Morgan fingerprint density at radius 3 is 2.20 bits per heavy atom. The summed E-state index contributed by atoms with van der Waals surface area (Å²) in [6.07, 6.45) is -1.01. The van der Waals surface area contributed by atoms with Crippen molar-refractivity contribution >= 4 is 39.1 Å². The molecule has 1 fully saturated rings. The molecule has 1 aliphatic carbocycles. The van der Waals surface area contributed by atoms with Crippen LogP contribution in [-0.4, -0.2) is 35.9 Å². The van der Waals surface area contributed by atoms with E-state index >= 15 is 0 Å². The number of nitro benzene ring substituents is 1. The number of benzene rings is 1. The Hall–Kier alpha value is -2.20. The summed E-state index contributed by atoms with van der Waals surface area (Å²) in [6.45, 7) is 0. The van der Waals surface area contributed by atoms with Crippen LogP contribution >= 0.6 is 11.6 Å². The predicted molar refractivity (Wildman–Crippen MR) is 79.9 cm³/mol. The van der Waals surface area contributed by atoms with Gasteiger partial charge in [0.15, 0.2) is 9.84 Å². The average Bonchev–Trinajstić information content (AvgIpc) is 2.54. The summed E-state index contributed by atoms with van der Waals surface area (Å²) in [6, 6.07) is 4.26. The van der Waals surface area contributed by atoms with Crippen LogP contribution in [0.4, 0.5) is 5.69 Å². The summed E-state index contributed by atoms with van der Waals surface area (Å²) in [5.74, 6) is -6.41. The van der Waals surface area contributed by atoms with Crippen LogP contribution in [0.1, 0.15) is 12.8 Å². The Morgan fingerprint density at radius 1 is 1.12 bits per heavy atom. The topological polar surface area (TPSA) is 158 Å². The van der Waals surface area contributed by atoms with Crippen LogP contribution in [0.25, 0.3) is 0 Å². The number of hydrogen-bond donors (Lipinski definition) is 0. The van der Waals surface area contributed by atoms with Gasteiger partial charge in [0.2, 0.25) is 0 Å². The van der Waals surface area contributed by atoms with Gasteiger partial charge < -0.3 is 19.8 Å². The van der Waals surface area contributed by atoms with E-state index in [1.54, 1.807) is 0 Å². The van der Waals surface area contributed by atoms with E-state index in [-0.39, 0.29) is 4.90 Å². The van der Waals surface area contributed by atoms with Crippen LogP contribution in [0, 0.1) is 22.0 Å². The van der Waals surface area contributed by atoms with Crippen molar-refractivity contribution in [3.05, 3.63) is 34.4 Å². The molecule has 25 heavy (non-hydrogen) atoms. The highest BCUT2D eigenvalue weighted by atomic mass is 35.5. The molecule has 9 nitrogen and oxygen atoms in total. The van der Waals surface area contributed by atoms with Gasteiger partial charge in [-0.2, -0.15) is 0 Å². The number of carbonyl (C=O) groups is 2. The molecule has 0 unspecified atom stereocenters. The third-order valence-electron chi connectivity index (χ3n) is 4.22. The van der Waals surface area contributed by atoms with Gasteiger partial charge in [0.05, 0.1) is 20.4 Å². The van der Waals surface area contributed by atoms with Crippen LogP contribution in [0.5, 0.6) is 0 Å². The molecule has 0 amide bonds. The second-order valence-electron chi connectivity index (χ2n) is 5.68. The molecule has 0 radical (unpaired) electrons. The first kappa shape index (κ1) is 19.1. The molecule has 0 N–H and O–H groups in total. The number of carboxylic acids is 2. The second kappa shape index (κ2) is 6.96. The second-order valence-corrected chi connectivity index (χ2v) is 8.40. The number of hydrogen-bond acceptors (Lipinski definition) is 8. The number of non-ortho nitro benzene ring substituents is 1. The highest BCUT2D eigenvalue weighted by Crippen LogP contribution is 2.38. The zero-order valence-electron chi connectivity index (χ0n) is 12.5. The molecule has 0 bridgehead atoms. The molecule has 0 saturated heterocycles. The predicted octanol–water partition coefficient (Wildman–Crippen LogP) is -1.13. The molecule has 0 aromatic heterocycles. The number of nitrogens with zero attached hydrogens (tertiary/aromatic N) is 1. The van der Waals surface area contributed by atoms with Crippen LogP contribution in [-0.2, 0) is 19.4 Å². The molecule has 1 saturated carbocycles. The zero-order chi connectivity index (χ0) is 18.9. The minimum atomic E-state index is -4.22. The summed E-state index contributed by atoms with van der Waals surface area (Å²) in [5.41, 5.74) is -0.452. The van der Waals surface area contributed by atoms with Crippen LogP contribution < -0.4 is 10.2 Å². The molecular weight excluding hydrogens is 378 g/mol. The van der Waals surface area contributed by atoms with E-state index in [9.17, 15) is 38.3 Å². The van der Waals surface area contributed by atoms with Crippen molar-refractivity contribution in [1.29, 1.82) is 0 Å². The number of halogens is 1. The molecule has 1 aliphatic rings. The van der Waals surface area contributed by atoms with Crippen LogP contribution in [0.15, 0.2) is 29.2 Å². The van der Waals surface area contributed by atoms with E-state index in [4.69, 9.17) is 11.6 Å². The van der Waals surface area contributed by atoms with E-state index < -0.39 is 67.7 Å². The molecule has 136 valence electrons. The smallest absolute Gasteiger partial charge is 0.270 e. The number of nitro groups is 1. The lowest BCUT2D eigenvalue weighted by Gasteiger charge is -2.39. The van der Waals surface area contributed by atoms with Gasteiger partial charge in [-0.3, -0.25) is 10.1 Å². The number of sulfone groups is 1. The van der Waals surface area contributed by atoms with Crippen molar-refractivity contribution in [3.63, 3.8) is 0 Å². The fraction of sp³-hybridized carbons (Fsp3) is 0.429.